The zero-order chi connectivity index (χ0) is 15.9. The number of halogens is 2. The number of hydrazone groups is 1. The molecule has 0 bridgehead atoms. The van der Waals surface area contributed by atoms with Gasteiger partial charge in [0.2, 0.25) is 5.91 Å². The molecule has 2 rings (SSSR count). The third-order valence-corrected chi connectivity index (χ3v) is 3.89. The molecule has 0 aromatic heterocycles. The van der Waals surface area contributed by atoms with Gasteiger partial charge in [0.15, 0.2) is 0 Å². The Morgan fingerprint density at radius 1 is 1.27 bits per heavy atom. The second-order valence-electron chi connectivity index (χ2n) is 4.47. The summed E-state index contributed by atoms with van der Waals surface area (Å²) in [7, 11) is 1.58. The van der Waals surface area contributed by atoms with Crippen molar-refractivity contribution in [3.8, 4) is 5.75 Å². The summed E-state index contributed by atoms with van der Waals surface area (Å²) in [6.07, 6.45) is 1.84. The Morgan fingerprint density at radius 3 is 2.68 bits per heavy atom. The van der Waals surface area contributed by atoms with E-state index < -0.39 is 0 Å². The third-order valence-electron chi connectivity index (χ3n) is 2.84. The van der Waals surface area contributed by atoms with Gasteiger partial charge in [0.1, 0.15) is 5.75 Å². The molecule has 0 aliphatic carbocycles. The number of nitrogens with zero attached hydrogens (tertiary/aromatic N) is 1. The summed E-state index contributed by atoms with van der Waals surface area (Å²) in [6.45, 7) is 0. The Morgan fingerprint density at radius 2 is 2.00 bits per heavy atom. The molecule has 114 valence electrons. The fraction of sp³-hybridized carbons (Fsp3) is 0.125. The largest absolute Gasteiger partial charge is 0.495 e. The molecule has 1 N–H and O–H groups in total. The zero-order valence-corrected chi connectivity index (χ0v) is 15.0. The molecule has 2 aromatic rings. The van der Waals surface area contributed by atoms with Crippen molar-refractivity contribution in [1.29, 1.82) is 0 Å². The number of carbonyl (C=O) groups is 1. The maximum Gasteiger partial charge on any atom is 0.244 e. The van der Waals surface area contributed by atoms with E-state index in [2.05, 4.69) is 42.4 Å². The number of methoxy groups -OCH3 is 1. The van der Waals surface area contributed by atoms with E-state index in [-0.39, 0.29) is 12.3 Å². The van der Waals surface area contributed by atoms with Crippen LogP contribution in [0.5, 0.6) is 5.75 Å². The molecule has 0 saturated carbocycles. The van der Waals surface area contributed by atoms with Crippen LogP contribution in [0, 0.1) is 0 Å². The molecule has 0 aliphatic rings. The van der Waals surface area contributed by atoms with E-state index in [9.17, 15) is 4.79 Å². The minimum Gasteiger partial charge on any atom is -0.495 e. The minimum atomic E-state index is -0.171. The predicted octanol–water partition coefficient (Wildman–Crippen LogP) is 3.91. The molecule has 0 radical (unpaired) electrons. The molecule has 0 aliphatic heterocycles. The number of hydrogen-bond donors (Lipinski definition) is 1. The average Bonchev–Trinajstić information content (AvgIpc) is 2.48. The normalized spacial score (nSPS) is 10.7. The number of carbonyl (C=O) groups excluding carboxylic acids is 1. The van der Waals surface area contributed by atoms with Crippen LogP contribution in [-0.4, -0.2) is 19.2 Å². The second kappa shape index (κ2) is 8.10. The van der Waals surface area contributed by atoms with Crippen LogP contribution < -0.4 is 10.2 Å². The van der Waals surface area contributed by atoms with Gasteiger partial charge in [-0.25, -0.2) is 5.43 Å². The van der Waals surface area contributed by atoms with E-state index in [1.807, 2.05) is 42.5 Å². The number of amides is 1. The molecule has 6 heteroatoms. The SMILES string of the molecule is COc1c(Br)cc(Br)cc1/C=N\NC(=O)Cc1ccccc1. The summed E-state index contributed by atoms with van der Waals surface area (Å²) in [5, 5.41) is 3.98. The molecular formula is C16H14Br2N2O2. The lowest BCUT2D eigenvalue weighted by Gasteiger charge is -2.07. The first-order valence-corrected chi connectivity index (χ1v) is 8.07. The molecule has 0 saturated heterocycles. The molecule has 0 atom stereocenters. The number of rotatable bonds is 5. The summed E-state index contributed by atoms with van der Waals surface area (Å²) in [4.78, 5) is 11.8. The fourth-order valence-electron chi connectivity index (χ4n) is 1.89. The highest BCUT2D eigenvalue weighted by molar-refractivity contribution is 9.11. The zero-order valence-electron chi connectivity index (χ0n) is 11.8. The van der Waals surface area contributed by atoms with Crippen molar-refractivity contribution < 1.29 is 9.53 Å². The smallest absolute Gasteiger partial charge is 0.244 e. The van der Waals surface area contributed by atoms with Crippen LogP contribution in [0.1, 0.15) is 11.1 Å². The van der Waals surface area contributed by atoms with Crippen LogP contribution in [0.4, 0.5) is 0 Å². The molecule has 0 spiro atoms. The number of ether oxygens (including phenoxy) is 1. The Kier molecular flexibility index (Phi) is 6.15. The Hall–Kier alpha value is -1.66. The van der Waals surface area contributed by atoms with Gasteiger partial charge in [-0.2, -0.15) is 5.10 Å². The number of nitrogens with one attached hydrogen (secondary N) is 1. The maximum absolute atomic E-state index is 11.8. The molecule has 1 amide bonds. The molecule has 0 unspecified atom stereocenters. The second-order valence-corrected chi connectivity index (χ2v) is 6.24. The van der Waals surface area contributed by atoms with Crippen LogP contribution in [-0.2, 0) is 11.2 Å². The highest BCUT2D eigenvalue weighted by Gasteiger charge is 2.07. The van der Waals surface area contributed by atoms with Crippen LogP contribution in [0.3, 0.4) is 0 Å². The fourth-order valence-corrected chi connectivity index (χ4v) is 3.31. The number of hydrogen-bond acceptors (Lipinski definition) is 3. The maximum atomic E-state index is 11.8. The van der Waals surface area contributed by atoms with Gasteiger partial charge >= 0.3 is 0 Å². The van der Waals surface area contributed by atoms with Crippen molar-refractivity contribution in [2.24, 2.45) is 5.10 Å². The van der Waals surface area contributed by atoms with Crippen molar-refractivity contribution in [2.75, 3.05) is 7.11 Å². The number of benzene rings is 2. The van der Waals surface area contributed by atoms with Crippen LogP contribution in [0.25, 0.3) is 0 Å². The van der Waals surface area contributed by atoms with Crippen LogP contribution in [0.2, 0.25) is 0 Å². The van der Waals surface area contributed by atoms with Gasteiger partial charge < -0.3 is 4.74 Å². The first-order chi connectivity index (χ1) is 10.6. The highest BCUT2D eigenvalue weighted by atomic mass is 79.9. The summed E-state index contributed by atoms with van der Waals surface area (Å²) in [5.41, 5.74) is 4.21. The lowest BCUT2D eigenvalue weighted by molar-refractivity contribution is -0.120. The van der Waals surface area contributed by atoms with Gasteiger partial charge in [0.25, 0.3) is 0 Å². The van der Waals surface area contributed by atoms with Crippen molar-refractivity contribution in [1.82, 2.24) is 5.43 Å². The summed E-state index contributed by atoms with van der Waals surface area (Å²) < 4.78 is 7.01. The predicted molar refractivity (Wildman–Crippen MR) is 94.3 cm³/mol. The average molecular weight is 426 g/mol. The third kappa shape index (κ3) is 4.68. The molecule has 0 heterocycles. The molecule has 4 nitrogen and oxygen atoms in total. The monoisotopic (exact) mass is 424 g/mol. The van der Waals surface area contributed by atoms with Gasteiger partial charge in [-0.05, 0) is 33.6 Å². The first kappa shape index (κ1) is 16.7. The van der Waals surface area contributed by atoms with E-state index >= 15 is 0 Å². The summed E-state index contributed by atoms with van der Waals surface area (Å²) >= 11 is 6.83. The van der Waals surface area contributed by atoms with Crippen LogP contribution in [0.15, 0.2) is 56.5 Å². The van der Waals surface area contributed by atoms with Gasteiger partial charge in [0, 0.05) is 10.0 Å². The molecule has 2 aromatic carbocycles. The Balaban J connectivity index is 2.02. The van der Waals surface area contributed by atoms with Crippen molar-refractivity contribution >= 4 is 44.0 Å². The van der Waals surface area contributed by atoms with Gasteiger partial charge in [-0.15, -0.1) is 0 Å². The van der Waals surface area contributed by atoms with E-state index in [0.29, 0.717) is 5.75 Å². The first-order valence-electron chi connectivity index (χ1n) is 6.49. The standard InChI is InChI=1S/C16H14Br2N2O2/c1-22-16-12(8-13(17)9-14(16)18)10-19-20-15(21)7-11-5-3-2-4-6-11/h2-6,8-10H,7H2,1H3,(H,20,21)/b19-10-. The molecule has 0 fully saturated rings. The van der Waals surface area contributed by atoms with Gasteiger partial charge in [0.05, 0.1) is 24.2 Å². The van der Waals surface area contributed by atoms with Crippen LogP contribution >= 0.6 is 31.9 Å². The van der Waals surface area contributed by atoms with E-state index in [1.165, 1.54) is 0 Å². The highest BCUT2D eigenvalue weighted by Crippen LogP contribution is 2.31. The quantitative estimate of drug-likeness (QED) is 0.583. The van der Waals surface area contributed by atoms with Gasteiger partial charge in [-0.1, -0.05) is 46.3 Å². The Bertz CT molecular complexity index is 688. The van der Waals surface area contributed by atoms with Crippen molar-refractivity contribution in [2.45, 2.75) is 6.42 Å². The molecular weight excluding hydrogens is 412 g/mol. The summed E-state index contributed by atoms with van der Waals surface area (Å²) in [6, 6.07) is 13.2. The van der Waals surface area contributed by atoms with E-state index in [1.54, 1.807) is 13.3 Å². The van der Waals surface area contributed by atoms with E-state index in [0.717, 1.165) is 20.1 Å². The molecule has 22 heavy (non-hydrogen) atoms. The lowest BCUT2D eigenvalue weighted by Crippen LogP contribution is -2.19. The Labute approximate surface area is 145 Å². The topological polar surface area (TPSA) is 50.7 Å². The van der Waals surface area contributed by atoms with Crippen molar-refractivity contribution in [3.05, 3.63) is 62.5 Å². The summed E-state index contributed by atoms with van der Waals surface area (Å²) in [5.74, 6) is 0.486. The van der Waals surface area contributed by atoms with Crippen molar-refractivity contribution in [3.63, 3.8) is 0 Å². The van der Waals surface area contributed by atoms with Gasteiger partial charge in [-0.3, -0.25) is 4.79 Å². The van der Waals surface area contributed by atoms with E-state index in [4.69, 9.17) is 4.74 Å². The lowest BCUT2D eigenvalue weighted by atomic mass is 10.1. The minimum absolute atomic E-state index is 0.171.